The van der Waals surface area contributed by atoms with Gasteiger partial charge >= 0.3 is 146 Å². The molecule has 1 fully saturated rings. The first-order valence-electron chi connectivity index (χ1n) is 31.3. The molecule has 1 saturated heterocycles. The van der Waals surface area contributed by atoms with E-state index < -0.39 is 56.5 Å². The van der Waals surface area contributed by atoms with Crippen molar-refractivity contribution in [3.05, 3.63) is 310 Å². The predicted molar refractivity (Wildman–Crippen MR) is 393 cm³/mol. The van der Waals surface area contributed by atoms with Crippen molar-refractivity contribution in [1.82, 2.24) is 9.97 Å². The molecule has 10 aromatic carbocycles. The van der Waals surface area contributed by atoms with Crippen LogP contribution in [-0.4, -0.2) is 121 Å². The summed E-state index contributed by atoms with van der Waals surface area (Å²) in [6.07, 6.45) is 3.41. The zero-order chi connectivity index (χ0) is 73.0. The second-order valence-corrected chi connectivity index (χ2v) is 30.1. The van der Waals surface area contributed by atoms with Crippen molar-refractivity contribution < 1.29 is 161 Å². The van der Waals surface area contributed by atoms with Gasteiger partial charge in [0.25, 0.3) is 0 Å². The molecule has 1 aliphatic rings. The average molecular weight is 1900 g/mol. The van der Waals surface area contributed by atoms with Crippen molar-refractivity contribution in [1.29, 1.82) is 0 Å². The predicted octanol–water partition coefficient (Wildman–Crippen LogP) is 9.47. The van der Waals surface area contributed by atoms with Gasteiger partial charge in [-0.3, -0.25) is 4.55 Å². The number of aliphatic hydroxyl groups is 1. The van der Waals surface area contributed by atoms with E-state index in [0.29, 0.717) is 0 Å². The maximum Gasteiger partial charge on any atom is 0.0160 e. The molecule has 0 saturated carbocycles. The number of hydrogen-bond acceptors (Lipinski definition) is 13. The van der Waals surface area contributed by atoms with Crippen LogP contribution < -0.4 is 98.8 Å². The van der Waals surface area contributed by atoms with Crippen molar-refractivity contribution in [2.45, 2.75) is 64.4 Å². The van der Waals surface area contributed by atoms with Crippen LogP contribution in [0.4, 0.5) is 13.2 Å². The van der Waals surface area contributed by atoms with E-state index >= 15 is 4.57 Å². The quantitative estimate of drug-likeness (QED) is 0.0247. The molecule has 2 aromatic heterocycles. The number of hydrogen-bond donors (Lipinski definition) is 2. The number of benzene rings is 10. The molecule has 3 heterocycles. The second kappa shape index (κ2) is 46.7. The van der Waals surface area contributed by atoms with Gasteiger partial charge in [0.2, 0.25) is 0 Å². The maximum atomic E-state index is 15.3. The average Bonchev–Trinajstić information content (AvgIpc) is 1.73. The molecule has 0 spiro atoms. The third-order valence-electron chi connectivity index (χ3n) is 14.9. The first-order chi connectivity index (χ1) is 47.7. The van der Waals surface area contributed by atoms with Crippen molar-refractivity contribution in [2.75, 3.05) is 0 Å². The van der Waals surface area contributed by atoms with Gasteiger partial charge in [-0.25, -0.2) is 4.67 Å². The molecule has 1 unspecified atom stereocenters. The first-order valence-corrected chi connectivity index (χ1v) is 53.3. The van der Waals surface area contributed by atoms with Crippen LogP contribution in [-0.2, 0) is 78.0 Å². The fourth-order valence-electron chi connectivity index (χ4n) is 9.53. The zero-order valence-electron chi connectivity index (χ0n) is 57.8. The van der Waals surface area contributed by atoms with Gasteiger partial charge in [-0.15, -0.1) is 88.6 Å². The summed E-state index contributed by atoms with van der Waals surface area (Å²) < 4.78 is 111. The summed E-state index contributed by atoms with van der Waals surface area (Å²) >= 11 is 2.50. The summed E-state index contributed by atoms with van der Waals surface area (Å²) in [6.45, 7) is 11.6. The van der Waals surface area contributed by atoms with Crippen LogP contribution >= 0.6 is 22.5 Å². The van der Waals surface area contributed by atoms with Crippen LogP contribution in [0.2, 0.25) is 0 Å². The van der Waals surface area contributed by atoms with Crippen LogP contribution in [0.15, 0.2) is 291 Å². The van der Waals surface area contributed by atoms with Crippen LogP contribution in [0, 0.1) is 18.2 Å². The van der Waals surface area contributed by atoms with E-state index in [1.165, 1.54) is 63.2 Å². The van der Waals surface area contributed by atoms with Gasteiger partial charge in [0.15, 0.2) is 7.14 Å². The molecule has 0 amide bonds. The van der Waals surface area contributed by atoms with E-state index in [0.717, 1.165) is 81.3 Å². The van der Waals surface area contributed by atoms with Gasteiger partial charge < -0.3 is 43.7 Å². The molecule has 103 heavy (non-hydrogen) atoms. The van der Waals surface area contributed by atoms with Crippen molar-refractivity contribution in [3.8, 4) is 22.5 Å². The van der Waals surface area contributed by atoms with Crippen LogP contribution in [0.1, 0.15) is 41.5 Å². The van der Waals surface area contributed by atoms with Gasteiger partial charge in [-0.2, -0.15) is 39.8 Å². The number of nitrogens with zero attached hydrogens (tertiary/aromatic N) is 2. The summed E-state index contributed by atoms with van der Waals surface area (Å²) in [7, 11) is -15.8. The standard InChI is InChI=1S/C28H28BO3P.C22H16OP.2C11H8N.C3H8O.CHF3O3S.2Ir.3K.HO4P/c1-27(2)28(3,4)32-29(31-27)25-19-21-13-11-12-14-22(21)20-26(25)33(30,23-15-7-5-8-16-23)24-17-9-6-10-18-24;23-24(20-11-3-1-4-12-20,21-13-5-2-6-14-21)22-16-15-18-9-7-8-10-19(18)17-22;2*1-2-6-10(7-3-1)11-8-4-5-9-12-11;1-3(2)4;2-1(3,4)8(5,6)7;;;;;;1-4-5(2)3/h5-20H,1-4H3;1-15,17H;2*1-6,8-9H;3-4H,1-2H3;(H,5,6,7);;;;;;1H/q;3*-1;;;;;;;+1;/p-1. The Morgan fingerprint density at radius 3 is 1.17 bits per heavy atom. The SMILES string of the molecule is CC(C)O.CC1(C)OB(c2cc3ccccc3cc2P(=O)(c2ccccc2)c2ccccc2)OC1(C)C.O=P(c1[c-]cc2ccccc2c1)(c1ccccc1)c1ccccc1.O=S(=O)(O)C(F)(F)F.O=[P+]([O-])O[O-].[Ir].[Ir].[K+].[K][K].[c-]1ccccc1-c1ccccn1.[c-]1ccccc1-c1ccccn1. The van der Waals surface area contributed by atoms with E-state index in [4.69, 9.17) is 42.1 Å². The fraction of sp³-hybridized carbons (Fsp3) is 0.132. The Kier molecular flexibility index (Phi) is 42.9. The minimum Gasteiger partial charge on any atom is -0.305 e. The minimum absolute atomic E-state index is 0. The Balaban J connectivity index is 0.000000344. The van der Waals surface area contributed by atoms with E-state index in [2.05, 4.69) is 57.1 Å². The van der Waals surface area contributed by atoms with Crippen molar-refractivity contribution in [3.63, 3.8) is 0 Å². The molecule has 27 heteroatoms. The summed E-state index contributed by atoms with van der Waals surface area (Å²) in [5.74, 6) is 0. The molecule has 0 aliphatic carbocycles. The maximum absolute atomic E-state index is 15.3. The Morgan fingerprint density at radius 1 is 0.544 bits per heavy atom. The van der Waals surface area contributed by atoms with E-state index in [9.17, 15) is 17.7 Å². The van der Waals surface area contributed by atoms with Crippen molar-refractivity contribution in [2.24, 2.45) is 0 Å². The largest absolute Gasteiger partial charge is 0.305 e. The Hall–Kier alpha value is -2.69. The first kappa shape index (κ1) is 94.5. The Morgan fingerprint density at radius 2 is 0.854 bits per heavy atom. The summed E-state index contributed by atoms with van der Waals surface area (Å²) in [4.78, 5) is 17.3. The summed E-state index contributed by atoms with van der Waals surface area (Å²) in [5, 5.41) is 25.7. The number of alkyl halides is 3. The summed E-state index contributed by atoms with van der Waals surface area (Å²) in [5.41, 5.74) is -1.68. The monoisotopic (exact) mass is 1900 g/mol. The number of halogens is 3. The van der Waals surface area contributed by atoms with Crippen LogP contribution in [0.5, 0.6) is 0 Å². The number of aromatic nitrogens is 2. The van der Waals surface area contributed by atoms with Crippen LogP contribution in [0.25, 0.3) is 44.1 Å². The van der Waals surface area contributed by atoms with E-state index in [1.807, 2.05) is 282 Å². The molecule has 2 N–H and O–H groups in total. The zero-order valence-corrected chi connectivity index (χ0v) is 75.4. The Labute approximate surface area is 717 Å². The third-order valence-corrected chi connectivity index (χ3v) is 21.7. The molecule has 0 bridgehead atoms. The second-order valence-electron chi connectivity index (χ2n) is 22.6. The molecule has 2 radical (unpaired) electrons. The molecule has 524 valence electrons. The van der Waals surface area contributed by atoms with Crippen LogP contribution in [0.3, 0.4) is 0 Å². The molecule has 1 aliphatic heterocycles. The molecule has 12 aromatic rings. The fourth-order valence-corrected chi connectivity index (χ4v) is 15.0. The number of rotatable bonds is 10. The van der Waals surface area contributed by atoms with E-state index in [1.54, 1.807) is 26.2 Å². The normalized spacial score (nSPS) is 12.6. The van der Waals surface area contributed by atoms with E-state index in [-0.39, 0.29) is 97.7 Å². The number of fused-ring (bicyclic) bond motifs is 2. The van der Waals surface area contributed by atoms with Gasteiger partial charge in [-0.1, -0.05) is 199 Å². The third kappa shape index (κ3) is 28.3. The molecule has 13 rings (SSSR count). The summed E-state index contributed by atoms with van der Waals surface area (Å²) in [6, 6.07) is 100. The molecule has 14 nitrogen and oxygen atoms in total. The molecular formula is C76H69BF3Ir2K3N2O12P3S-3. The number of pyridine rings is 2. The smallest absolute Gasteiger partial charge is 0.0160 e. The van der Waals surface area contributed by atoms with Gasteiger partial charge in [0, 0.05) is 85.2 Å². The topological polar surface area (TPSA) is 225 Å². The van der Waals surface area contributed by atoms with Gasteiger partial charge in [-0.05, 0) is 91.9 Å². The number of aliphatic hydroxyl groups excluding tert-OH is 1. The molecular weight excluding hydrogens is 1830 g/mol. The van der Waals surface area contributed by atoms with Crippen molar-refractivity contribution >= 4 is 162 Å². The molecule has 1 atom stereocenters. The van der Waals surface area contributed by atoms with Gasteiger partial charge in [0.05, 0.1) is 11.2 Å². The Bertz CT molecular complexity index is 4440. The van der Waals surface area contributed by atoms with Gasteiger partial charge in [0.1, 0.15) is 7.14 Å². The minimum atomic E-state index is -5.84.